The predicted molar refractivity (Wildman–Crippen MR) is 134 cm³/mol. The standard InChI is InChI=1S/C20H21N4O4.C6H6N3.Fe/c1-27-19(25)18(11-15-7-3-2-4-8-15)21-20(26)28-14-17-13-24(23-22-17)12-16-9-5-6-10-16;7-9-8-5-6-3-1-2-4-6;/h2-10,13,18H,11-12,14H2,1H3,(H,21,26);1-4H,5H2;/q;;+2/t18-;;/m0../s1. The van der Waals surface area contributed by atoms with Gasteiger partial charge in [-0.1, -0.05) is 40.7 Å². The Bertz CT molecular complexity index is 1020. The molecular weight excluding hydrogens is 530 g/mol. The van der Waals surface area contributed by atoms with Crippen molar-refractivity contribution in [2.45, 2.75) is 25.6 Å². The minimum atomic E-state index is -0.840. The van der Waals surface area contributed by atoms with Crippen molar-refractivity contribution < 1.29 is 36.1 Å². The van der Waals surface area contributed by atoms with E-state index in [0.29, 0.717) is 25.2 Å². The van der Waals surface area contributed by atoms with Crippen LogP contribution in [0.25, 0.3) is 10.4 Å². The van der Waals surface area contributed by atoms with Crippen LogP contribution in [-0.4, -0.2) is 46.8 Å². The monoisotopic (exact) mass is 557 g/mol. The topological polar surface area (TPSA) is 144 Å². The van der Waals surface area contributed by atoms with Crippen LogP contribution in [0.1, 0.15) is 11.3 Å². The molecule has 0 bridgehead atoms. The normalized spacial score (nSPS) is 15.8. The summed E-state index contributed by atoms with van der Waals surface area (Å²) in [6.07, 6.45) is 16.9. The zero-order valence-electron chi connectivity index (χ0n) is 20.7. The van der Waals surface area contributed by atoms with Gasteiger partial charge < -0.3 is 14.8 Å². The number of esters is 1. The average molecular weight is 557 g/mol. The molecule has 2 fully saturated rings. The van der Waals surface area contributed by atoms with Crippen LogP contribution in [0.3, 0.4) is 0 Å². The first-order valence-corrected chi connectivity index (χ1v) is 11.4. The molecule has 2 aliphatic carbocycles. The van der Waals surface area contributed by atoms with Crippen molar-refractivity contribution in [2.24, 2.45) is 5.11 Å². The van der Waals surface area contributed by atoms with E-state index in [9.17, 15) is 9.59 Å². The smallest absolute Gasteiger partial charge is 0.467 e. The SMILES string of the molecule is COC(=O)[C@H](Cc1ccccc1)NC(=O)OCc1cn(C[C]2[CH][CH][CH][CH]2)nn1.[Fe+2].[N-]=[N+]=NC[C]1[CH][CH][CH][CH]1. The number of nitrogens with one attached hydrogen (secondary N) is 1. The van der Waals surface area contributed by atoms with E-state index in [0.717, 1.165) is 17.4 Å². The first kappa shape index (κ1) is 31.1. The van der Waals surface area contributed by atoms with Crippen LogP contribution in [-0.2, 0) is 50.9 Å². The molecule has 2 saturated carbocycles. The Morgan fingerprint density at radius 1 is 1.08 bits per heavy atom. The number of azide groups is 1. The number of aromatic nitrogens is 3. The zero-order chi connectivity index (χ0) is 26.3. The van der Waals surface area contributed by atoms with E-state index in [1.54, 1.807) is 10.9 Å². The van der Waals surface area contributed by atoms with Gasteiger partial charge in [-0.05, 0) is 68.4 Å². The van der Waals surface area contributed by atoms with Crippen LogP contribution in [0.2, 0.25) is 0 Å². The average Bonchev–Trinajstić information content (AvgIpc) is 3.71. The number of amides is 1. The van der Waals surface area contributed by atoms with Gasteiger partial charge in [0.05, 0.1) is 13.3 Å². The number of ether oxygens (including phenoxy) is 2. The summed E-state index contributed by atoms with van der Waals surface area (Å²) in [5.41, 5.74) is 9.33. The summed E-state index contributed by atoms with van der Waals surface area (Å²) < 4.78 is 11.6. The van der Waals surface area contributed by atoms with Crippen molar-refractivity contribution in [1.29, 1.82) is 0 Å². The summed E-state index contributed by atoms with van der Waals surface area (Å²) in [6.45, 7) is 1.00. The number of alkyl carbamates (subject to hydrolysis) is 1. The van der Waals surface area contributed by atoms with Crippen molar-refractivity contribution in [2.75, 3.05) is 13.7 Å². The maximum Gasteiger partial charge on any atom is 2.00 e. The van der Waals surface area contributed by atoms with Crippen LogP contribution in [0, 0.1) is 63.2 Å². The Morgan fingerprint density at radius 2 is 1.74 bits per heavy atom. The summed E-state index contributed by atoms with van der Waals surface area (Å²) in [4.78, 5) is 26.7. The fraction of sp³-hybridized carbons (Fsp3) is 0.231. The Morgan fingerprint density at radius 3 is 2.37 bits per heavy atom. The molecule has 38 heavy (non-hydrogen) atoms. The van der Waals surface area contributed by atoms with Crippen LogP contribution in [0.5, 0.6) is 0 Å². The fourth-order valence-electron chi connectivity index (χ4n) is 3.33. The van der Waals surface area contributed by atoms with E-state index < -0.39 is 18.1 Å². The van der Waals surface area contributed by atoms with E-state index in [1.165, 1.54) is 7.11 Å². The summed E-state index contributed by atoms with van der Waals surface area (Å²) in [6, 6.07) is 8.50. The number of nitrogens with zero attached hydrogens (tertiary/aromatic N) is 6. The third-order valence-corrected chi connectivity index (χ3v) is 5.12. The maximum atomic E-state index is 12.1. The zero-order valence-corrected chi connectivity index (χ0v) is 21.8. The Labute approximate surface area is 234 Å². The van der Waals surface area contributed by atoms with E-state index >= 15 is 0 Å². The van der Waals surface area contributed by atoms with Gasteiger partial charge in [-0.15, -0.1) is 5.10 Å². The summed E-state index contributed by atoms with van der Waals surface area (Å²) in [5.74, 6) is 1.63. The van der Waals surface area contributed by atoms with Gasteiger partial charge in [0.1, 0.15) is 18.3 Å². The molecule has 10 radical (unpaired) electrons. The number of carbonyl (C=O) groups is 2. The van der Waals surface area contributed by atoms with Crippen LogP contribution in [0.4, 0.5) is 4.79 Å². The minimum Gasteiger partial charge on any atom is -0.467 e. The van der Waals surface area contributed by atoms with Crippen molar-refractivity contribution in [1.82, 2.24) is 20.3 Å². The minimum absolute atomic E-state index is 0. The van der Waals surface area contributed by atoms with Gasteiger partial charge in [-0.2, -0.15) is 0 Å². The Balaban J connectivity index is 0.000000430. The van der Waals surface area contributed by atoms with Crippen LogP contribution < -0.4 is 5.32 Å². The molecular formula is C26H27FeN7O4+2. The third kappa shape index (κ3) is 11.1. The summed E-state index contributed by atoms with van der Waals surface area (Å²) in [7, 11) is 1.28. The molecule has 1 N–H and O–H groups in total. The van der Waals surface area contributed by atoms with Gasteiger partial charge in [0.25, 0.3) is 0 Å². The molecule has 2 aliphatic rings. The van der Waals surface area contributed by atoms with Crippen molar-refractivity contribution in [3.63, 3.8) is 0 Å². The van der Waals surface area contributed by atoms with Gasteiger partial charge in [-0.25, -0.2) is 9.59 Å². The third-order valence-electron chi connectivity index (χ3n) is 5.12. The Hall–Kier alpha value is -3.07. The summed E-state index contributed by atoms with van der Waals surface area (Å²) >= 11 is 0. The molecule has 4 rings (SSSR count). The van der Waals surface area contributed by atoms with Crippen molar-refractivity contribution in [3.8, 4) is 0 Å². The molecule has 0 saturated heterocycles. The molecule has 1 amide bonds. The number of hydrogen-bond acceptors (Lipinski definition) is 7. The Kier molecular flexibility index (Phi) is 14.3. The van der Waals surface area contributed by atoms with Gasteiger partial charge in [0, 0.05) is 30.3 Å². The van der Waals surface area contributed by atoms with Gasteiger partial charge >= 0.3 is 29.1 Å². The molecule has 1 atom stereocenters. The molecule has 1 aromatic heterocycles. The molecule has 1 heterocycles. The van der Waals surface area contributed by atoms with Crippen LogP contribution in [0.15, 0.2) is 41.6 Å². The van der Waals surface area contributed by atoms with E-state index in [1.807, 2.05) is 81.7 Å². The first-order valence-electron chi connectivity index (χ1n) is 11.4. The molecule has 11 nitrogen and oxygen atoms in total. The molecule has 196 valence electrons. The van der Waals surface area contributed by atoms with Crippen molar-refractivity contribution >= 4 is 12.1 Å². The fourth-order valence-corrected chi connectivity index (χ4v) is 3.33. The predicted octanol–water partition coefficient (Wildman–Crippen LogP) is 3.39. The molecule has 0 spiro atoms. The number of carbonyl (C=O) groups excluding carboxylic acids is 2. The second-order valence-corrected chi connectivity index (χ2v) is 7.87. The molecule has 0 unspecified atom stereocenters. The first-order chi connectivity index (χ1) is 18.1. The largest absolute Gasteiger partial charge is 2.00 e. The van der Waals surface area contributed by atoms with Gasteiger partial charge in [0.15, 0.2) is 0 Å². The van der Waals surface area contributed by atoms with Crippen LogP contribution >= 0.6 is 0 Å². The maximum absolute atomic E-state index is 12.1. The van der Waals surface area contributed by atoms with Crippen molar-refractivity contribution in [3.05, 3.63) is 121 Å². The molecule has 1 aromatic carbocycles. The number of rotatable bonds is 10. The van der Waals surface area contributed by atoms with E-state index in [-0.39, 0.29) is 23.7 Å². The quantitative estimate of drug-likeness (QED) is 0.156. The number of benzene rings is 1. The second kappa shape index (κ2) is 17.4. The van der Waals surface area contributed by atoms with Gasteiger partial charge in [-0.3, -0.25) is 4.68 Å². The molecule has 2 aromatic rings. The number of hydrogen-bond donors (Lipinski definition) is 1. The number of methoxy groups -OCH3 is 1. The van der Waals surface area contributed by atoms with E-state index in [4.69, 9.17) is 15.0 Å². The molecule has 12 heteroatoms. The second-order valence-electron chi connectivity index (χ2n) is 7.87. The molecule has 0 aliphatic heterocycles. The van der Waals surface area contributed by atoms with E-state index in [2.05, 4.69) is 25.7 Å². The summed E-state index contributed by atoms with van der Waals surface area (Å²) in [5, 5.41) is 13.9. The van der Waals surface area contributed by atoms with Gasteiger partial charge in [0.2, 0.25) is 0 Å².